The fourth-order valence-electron chi connectivity index (χ4n) is 1.73. The number of ether oxygens (including phenoxy) is 1. The Hall–Kier alpha value is -2.38. The Balaban J connectivity index is 2.32. The van der Waals surface area contributed by atoms with Crippen LogP contribution in [0.25, 0.3) is 0 Å². The monoisotopic (exact) mass is 256 g/mol. The summed E-state index contributed by atoms with van der Waals surface area (Å²) in [6.07, 6.45) is 0. The molecule has 1 unspecified atom stereocenters. The lowest BCUT2D eigenvalue weighted by Crippen LogP contribution is -2.06. The third kappa shape index (κ3) is 2.90. The molecule has 0 spiro atoms. The van der Waals surface area contributed by atoms with E-state index < -0.39 is 5.82 Å². The highest BCUT2D eigenvalue weighted by Crippen LogP contribution is 2.29. The molecular formula is C15H13FN2O. The Morgan fingerprint density at radius 2 is 2.00 bits per heavy atom. The maximum Gasteiger partial charge on any atom is 0.144 e. The fraction of sp³-hybridized carbons (Fsp3) is 0.133. The van der Waals surface area contributed by atoms with E-state index in [1.54, 1.807) is 18.2 Å². The zero-order valence-corrected chi connectivity index (χ0v) is 10.4. The van der Waals surface area contributed by atoms with Crippen molar-refractivity contribution in [3.05, 3.63) is 59.4 Å². The van der Waals surface area contributed by atoms with Gasteiger partial charge in [-0.2, -0.15) is 5.26 Å². The maximum absolute atomic E-state index is 13.5. The van der Waals surface area contributed by atoms with E-state index in [0.717, 1.165) is 5.56 Å². The third-order valence-electron chi connectivity index (χ3n) is 2.70. The SMILES string of the molecule is CC(N)c1ccccc1Oc1ccc(C#N)c(F)c1. The van der Waals surface area contributed by atoms with Gasteiger partial charge in [0.15, 0.2) is 0 Å². The van der Waals surface area contributed by atoms with Crippen LogP contribution >= 0.6 is 0 Å². The number of benzene rings is 2. The summed E-state index contributed by atoms with van der Waals surface area (Å²) in [5.74, 6) is 0.324. The Morgan fingerprint density at radius 1 is 1.26 bits per heavy atom. The van der Waals surface area contributed by atoms with Crippen molar-refractivity contribution in [2.75, 3.05) is 0 Å². The zero-order chi connectivity index (χ0) is 13.8. The lowest BCUT2D eigenvalue weighted by molar-refractivity contribution is 0.466. The van der Waals surface area contributed by atoms with Gasteiger partial charge in [-0.1, -0.05) is 18.2 Å². The first-order valence-electron chi connectivity index (χ1n) is 5.84. The molecule has 0 aliphatic heterocycles. The highest BCUT2D eigenvalue weighted by atomic mass is 19.1. The van der Waals surface area contributed by atoms with E-state index in [1.165, 1.54) is 12.1 Å². The summed E-state index contributed by atoms with van der Waals surface area (Å²) in [6.45, 7) is 1.85. The summed E-state index contributed by atoms with van der Waals surface area (Å²) in [6, 6.07) is 13.0. The molecule has 4 heteroatoms. The molecular weight excluding hydrogens is 243 g/mol. The molecule has 0 radical (unpaired) electrons. The molecule has 0 fully saturated rings. The average Bonchev–Trinajstić information content (AvgIpc) is 2.39. The Bertz CT molecular complexity index is 632. The third-order valence-corrected chi connectivity index (χ3v) is 2.70. The van der Waals surface area contributed by atoms with Gasteiger partial charge in [0.2, 0.25) is 0 Å². The second kappa shape index (κ2) is 5.51. The number of hydrogen-bond donors (Lipinski definition) is 1. The van der Waals surface area contributed by atoms with Gasteiger partial charge in [-0.05, 0) is 25.1 Å². The first kappa shape index (κ1) is 13.1. The van der Waals surface area contributed by atoms with Crippen LogP contribution in [0.4, 0.5) is 4.39 Å². The Labute approximate surface area is 111 Å². The molecule has 19 heavy (non-hydrogen) atoms. The van der Waals surface area contributed by atoms with Crippen LogP contribution < -0.4 is 10.5 Å². The van der Waals surface area contributed by atoms with Crippen molar-refractivity contribution < 1.29 is 9.13 Å². The van der Waals surface area contributed by atoms with Crippen molar-refractivity contribution in [2.45, 2.75) is 13.0 Å². The van der Waals surface area contributed by atoms with E-state index in [2.05, 4.69) is 0 Å². The van der Waals surface area contributed by atoms with E-state index >= 15 is 0 Å². The van der Waals surface area contributed by atoms with Crippen LogP contribution in [0.15, 0.2) is 42.5 Å². The van der Waals surface area contributed by atoms with E-state index in [9.17, 15) is 4.39 Å². The quantitative estimate of drug-likeness (QED) is 0.914. The first-order valence-corrected chi connectivity index (χ1v) is 5.84. The first-order chi connectivity index (χ1) is 9.11. The largest absolute Gasteiger partial charge is 0.457 e. The van der Waals surface area contributed by atoms with Crippen LogP contribution in [0, 0.1) is 17.1 Å². The fourth-order valence-corrected chi connectivity index (χ4v) is 1.73. The zero-order valence-electron chi connectivity index (χ0n) is 10.4. The molecule has 0 saturated carbocycles. The number of rotatable bonds is 3. The summed E-state index contributed by atoms with van der Waals surface area (Å²) >= 11 is 0. The highest BCUT2D eigenvalue weighted by molar-refractivity contribution is 5.42. The number of halogens is 1. The minimum atomic E-state index is -0.599. The molecule has 0 aliphatic rings. The number of nitrogens with two attached hydrogens (primary N) is 1. The molecule has 96 valence electrons. The molecule has 0 heterocycles. The van der Waals surface area contributed by atoms with Crippen LogP contribution in [-0.4, -0.2) is 0 Å². The van der Waals surface area contributed by atoms with Gasteiger partial charge in [-0.25, -0.2) is 4.39 Å². The van der Waals surface area contributed by atoms with Gasteiger partial charge in [0.25, 0.3) is 0 Å². The number of nitrogens with zero attached hydrogens (tertiary/aromatic N) is 1. The van der Waals surface area contributed by atoms with Crippen molar-refractivity contribution in [2.24, 2.45) is 5.73 Å². The van der Waals surface area contributed by atoms with Gasteiger partial charge in [0, 0.05) is 17.7 Å². The van der Waals surface area contributed by atoms with Crippen molar-refractivity contribution in [3.8, 4) is 17.6 Å². The summed E-state index contributed by atoms with van der Waals surface area (Å²) < 4.78 is 19.1. The summed E-state index contributed by atoms with van der Waals surface area (Å²) in [4.78, 5) is 0. The van der Waals surface area contributed by atoms with Crippen LogP contribution in [0.1, 0.15) is 24.1 Å². The minimum absolute atomic E-state index is 0.00664. The molecule has 0 aliphatic carbocycles. The number of nitriles is 1. The maximum atomic E-state index is 13.5. The lowest BCUT2D eigenvalue weighted by Gasteiger charge is -2.13. The summed E-state index contributed by atoms with van der Waals surface area (Å²) in [7, 11) is 0. The molecule has 2 rings (SSSR count). The van der Waals surface area contributed by atoms with E-state index in [0.29, 0.717) is 11.5 Å². The predicted octanol–water partition coefficient (Wildman–Crippen LogP) is 3.51. The molecule has 2 aromatic carbocycles. The van der Waals surface area contributed by atoms with Crippen molar-refractivity contribution in [1.82, 2.24) is 0 Å². The molecule has 1 atom stereocenters. The molecule has 0 saturated heterocycles. The smallest absolute Gasteiger partial charge is 0.144 e. The molecule has 0 aromatic heterocycles. The summed E-state index contributed by atoms with van der Waals surface area (Å²) in [5.41, 5.74) is 6.68. The second-order valence-corrected chi connectivity index (χ2v) is 4.18. The average molecular weight is 256 g/mol. The van der Waals surface area contributed by atoms with Crippen LogP contribution in [-0.2, 0) is 0 Å². The van der Waals surface area contributed by atoms with Gasteiger partial charge in [-0.15, -0.1) is 0 Å². The van der Waals surface area contributed by atoms with Gasteiger partial charge >= 0.3 is 0 Å². The molecule has 0 bridgehead atoms. The molecule has 0 amide bonds. The number of para-hydroxylation sites is 1. The van der Waals surface area contributed by atoms with Crippen LogP contribution in [0.5, 0.6) is 11.5 Å². The minimum Gasteiger partial charge on any atom is -0.457 e. The van der Waals surface area contributed by atoms with Crippen LogP contribution in [0.2, 0.25) is 0 Å². The van der Waals surface area contributed by atoms with Gasteiger partial charge in [-0.3, -0.25) is 0 Å². The standard InChI is InChI=1S/C15H13FN2O/c1-10(18)13-4-2-3-5-15(13)19-12-7-6-11(9-17)14(16)8-12/h2-8,10H,18H2,1H3. The van der Waals surface area contributed by atoms with E-state index in [1.807, 2.05) is 25.1 Å². The molecule has 2 N–H and O–H groups in total. The van der Waals surface area contributed by atoms with Crippen molar-refractivity contribution in [1.29, 1.82) is 5.26 Å². The molecule has 2 aromatic rings. The normalized spacial score (nSPS) is 11.7. The second-order valence-electron chi connectivity index (χ2n) is 4.18. The van der Waals surface area contributed by atoms with Crippen LogP contribution in [0.3, 0.4) is 0 Å². The molecule has 3 nitrogen and oxygen atoms in total. The summed E-state index contributed by atoms with van der Waals surface area (Å²) in [5, 5.41) is 8.67. The van der Waals surface area contributed by atoms with Gasteiger partial charge in [0.1, 0.15) is 23.4 Å². The van der Waals surface area contributed by atoms with E-state index in [-0.39, 0.29) is 11.6 Å². The van der Waals surface area contributed by atoms with E-state index in [4.69, 9.17) is 15.7 Å². The van der Waals surface area contributed by atoms with Gasteiger partial charge in [0.05, 0.1) is 5.56 Å². The lowest BCUT2D eigenvalue weighted by atomic mass is 10.1. The van der Waals surface area contributed by atoms with Crippen molar-refractivity contribution in [3.63, 3.8) is 0 Å². The topological polar surface area (TPSA) is 59.0 Å². The Kier molecular flexibility index (Phi) is 3.79. The highest BCUT2D eigenvalue weighted by Gasteiger charge is 2.09. The predicted molar refractivity (Wildman–Crippen MR) is 70.2 cm³/mol. The number of hydrogen-bond acceptors (Lipinski definition) is 3. The van der Waals surface area contributed by atoms with Gasteiger partial charge < -0.3 is 10.5 Å². The Morgan fingerprint density at radius 3 is 2.63 bits per heavy atom. The van der Waals surface area contributed by atoms with Crippen molar-refractivity contribution >= 4 is 0 Å².